The molecule has 2 aromatic rings. The molecule has 1 heterocycles. The Bertz CT molecular complexity index is 669. The second-order valence-electron chi connectivity index (χ2n) is 5.73. The van der Waals surface area contributed by atoms with Crippen LogP contribution in [0.4, 0.5) is 0 Å². The van der Waals surface area contributed by atoms with Gasteiger partial charge in [-0.2, -0.15) is 0 Å². The van der Waals surface area contributed by atoms with Crippen molar-refractivity contribution in [1.29, 1.82) is 0 Å². The Morgan fingerprint density at radius 2 is 2.10 bits per heavy atom. The molecule has 1 amide bonds. The smallest absolute Gasteiger partial charge is 0.255 e. The van der Waals surface area contributed by atoms with Crippen LogP contribution in [0, 0.1) is 5.92 Å². The summed E-state index contributed by atoms with van der Waals surface area (Å²) in [5, 5.41) is 18.3. The monoisotopic (exact) mass is 284 g/mol. The zero-order valence-electron chi connectivity index (χ0n) is 12.1. The molecule has 2 atom stereocenters. The van der Waals surface area contributed by atoms with Crippen LogP contribution in [0.15, 0.2) is 36.4 Å². The van der Waals surface area contributed by atoms with Gasteiger partial charge in [-0.1, -0.05) is 37.3 Å². The molecule has 3 N–H and O–H groups in total. The van der Waals surface area contributed by atoms with Crippen molar-refractivity contribution >= 4 is 16.7 Å². The maximum absolute atomic E-state index is 12.4. The number of hydrogen-bond acceptors (Lipinski definition) is 3. The van der Waals surface area contributed by atoms with E-state index in [1.54, 1.807) is 6.07 Å². The van der Waals surface area contributed by atoms with Crippen LogP contribution in [0.5, 0.6) is 5.75 Å². The highest BCUT2D eigenvalue weighted by molar-refractivity contribution is 6.03. The van der Waals surface area contributed by atoms with Gasteiger partial charge in [-0.25, -0.2) is 0 Å². The standard InChI is InChI=1S/C17H20N2O2/c1-11-8-9-18-10-15(11)19-17(21)14-7-6-12-4-2-3-5-13(12)16(14)20/h2-7,11,15,18,20H,8-10H2,1H3,(H,19,21). The molecular weight excluding hydrogens is 264 g/mol. The Morgan fingerprint density at radius 1 is 1.29 bits per heavy atom. The van der Waals surface area contributed by atoms with Crippen LogP contribution in [0.2, 0.25) is 0 Å². The molecule has 0 radical (unpaired) electrons. The lowest BCUT2D eigenvalue weighted by Crippen LogP contribution is -2.50. The summed E-state index contributed by atoms with van der Waals surface area (Å²) in [5.41, 5.74) is 0.339. The van der Waals surface area contributed by atoms with Crippen molar-refractivity contribution in [2.45, 2.75) is 19.4 Å². The first kappa shape index (κ1) is 13.9. The van der Waals surface area contributed by atoms with Gasteiger partial charge in [-0.15, -0.1) is 0 Å². The van der Waals surface area contributed by atoms with Crippen molar-refractivity contribution in [1.82, 2.24) is 10.6 Å². The fourth-order valence-electron chi connectivity index (χ4n) is 2.87. The molecule has 1 aliphatic rings. The normalized spacial score (nSPS) is 22.1. The van der Waals surface area contributed by atoms with Crippen molar-refractivity contribution in [2.24, 2.45) is 5.92 Å². The highest BCUT2D eigenvalue weighted by Gasteiger charge is 2.24. The summed E-state index contributed by atoms with van der Waals surface area (Å²) in [6.07, 6.45) is 1.05. The lowest BCUT2D eigenvalue weighted by Gasteiger charge is -2.30. The van der Waals surface area contributed by atoms with Gasteiger partial charge in [0.05, 0.1) is 5.56 Å². The molecule has 0 bridgehead atoms. The summed E-state index contributed by atoms with van der Waals surface area (Å²) in [4.78, 5) is 12.4. The van der Waals surface area contributed by atoms with Gasteiger partial charge >= 0.3 is 0 Å². The van der Waals surface area contributed by atoms with Gasteiger partial charge < -0.3 is 15.7 Å². The molecule has 110 valence electrons. The van der Waals surface area contributed by atoms with Crippen LogP contribution in [0.1, 0.15) is 23.7 Å². The maximum Gasteiger partial charge on any atom is 0.255 e. The fraction of sp³-hybridized carbons (Fsp3) is 0.353. The zero-order valence-corrected chi connectivity index (χ0v) is 12.1. The Kier molecular flexibility index (Phi) is 3.80. The summed E-state index contributed by atoms with van der Waals surface area (Å²) in [7, 11) is 0. The molecule has 1 aliphatic heterocycles. The molecule has 21 heavy (non-hydrogen) atoms. The van der Waals surface area contributed by atoms with Crippen LogP contribution < -0.4 is 10.6 Å². The van der Waals surface area contributed by atoms with Crippen molar-refractivity contribution in [2.75, 3.05) is 13.1 Å². The maximum atomic E-state index is 12.4. The van der Waals surface area contributed by atoms with Gasteiger partial charge in [0.1, 0.15) is 5.75 Å². The quantitative estimate of drug-likeness (QED) is 0.793. The molecule has 1 fully saturated rings. The van der Waals surface area contributed by atoms with Crippen molar-refractivity contribution in [3.05, 3.63) is 42.0 Å². The number of hydrogen-bond donors (Lipinski definition) is 3. The SMILES string of the molecule is CC1CCNCC1NC(=O)c1ccc2ccccc2c1O. The average Bonchev–Trinajstić information content (AvgIpc) is 2.50. The lowest BCUT2D eigenvalue weighted by atomic mass is 9.94. The van der Waals surface area contributed by atoms with E-state index in [9.17, 15) is 9.90 Å². The summed E-state index contributed by atoms with van der Waals surface area (Å²) < 4.78 is 0. The zero-order chi connectivity index (χ0) is 14.8. The minimum absolute atomic E-state index is 0.0574. The van der Waals surface area contributed by atoms with Crippen molar-refractivity contribution in [3.8, 4) is 5.75 Å². The van der Waals surface area contributed by atoms with Crippen LogP contribution in [-0.2, 0) is 0 Å². The third-order valence-electron chi connectivity index (χ3n) is 4.29. The predicted molar refractivity (Wildman–Crippen MR) is 83.5 cm³/mol. The van der Waals surface area contributed by atoms with E-state index in [2.05, 4.69) is 17.6 Å². The molecule has 2 unspecified atom stereocenters. The van der Waals surface area contributed by atoms with Gasteiger partial charge in [0.2, 0.25) is 0 Å². The van der Waals surface area contributed by atoms with Crippen LogP contribution in [0.25, 0.3) is 10.8 Å². The molecule has 3 rings (SSSR count). The summed E-state index contributed by atoms with van der Waals surface area (Å²) in [6, 6.07) is 11.2. The van der Waals surface area contributed by atoms with Crippen molar-refractivity contribution < 1.29 is 9.90 Å². The molecule has 1 saturated heterocycles. The number of nitrogens with one attached hydrogen (secondary N) is 2. The van der Waals surface area contributed by atoms with Crippen LogP contribution in [0.3, 0.4) is 0 Å². The number of benzene rings is 2. The van der Waals surface area contributed by atoms with E-state index in [1.165, 1.54) is 0 Å². The number of aromatic hydroxyl groups is 1. The van der Waals surface area contributed by atoms with E-state index in [0.29, 0.717) is 16.9 Å². The summed E-state index contributed by atoms with van der Waals surface area (Å²) in [6.45, 7) is 3.92. The van der Waals surface area contributed by atoms with Gasteiger partial charge in [0.25, 0.3) is 5.91 Å². The number of carbonyl (C=O) groups excluding carboxylic acids is 1. The molecule has 4 heteroatoms. The van der Waals surface area contributed by atoms with Gasteiger partial charge in [-0.3, -0.25) is 4.79 Å². The third kappa shape index (κ3) is 2.72. The van der Waals surface area contributed by atoms with E-state index < -0.39 is 0 Å². The van der Waals surface area contributed by atoms with Gasteiger partial charge in [-0.05, 0) is 30.3 Å². The lowest BCUT2D eigenvalue weighted by molar-refractivity contribution is 0.0913. The highest BCUT2D eigenvalue weighted by atomic mass is 16.3. The average molecular weight is 284 g/mol. The van der Waals surface area contributed by atoms with E-state index >= 15 is 0 Å². The highest BCUT2D eigenvalue weighted by Crippen LogP contribution is 2.28. The molecule has 2 aromatic carbocycles. The Morgan fingerprint density at radius 3 is 2.90 bits per heavy atom. The van der Waals surface area contributed by atoms with Crippen molar-refractivity contribution in [3.63, 3.8) is 0 Å². The molecule has 0 aromatic heterocycles. The number of piperidine rings is 1. The number of amides is 1. The van der Waals surface area contributed by atoms with Crippen LogP contribution in [-0.4, -0.2) is 30.1 Å². The second kappa shape index (κ2) is 5.74. The minimum atomic E-state index is -0.209. The van der Waals surface area contributed by atoms with E-state index in [0.717, 1.165) is 24.9 Å². The molecule has 0 saturated carbocycles. The van der Waals surface area contributed by atoms with Gasteiger partial charge in [0.15, 0.2) is 0 Å². The molecule has 4 nitrogen and oxygen atoms in total. The number of phenolic OH excluding ortho intramolecular Hbond substituents is 1. The van der Waals surface area contributed by atoms with Gasteiger partial charge in [0, 0.05) is 18.0 Å². The fourth-order valence-corrected chi connectivity index (χ4v) is 2.87. The molecule has 0 spiro atoms. The predicted octanol–water partition coefficient (Wildman–Crippen LogP) is 2.27. The first-order valence-electron chi connectivity index (χ1n) is 7.39. The Hall–Kier alpha value is -2.07. The molecular formula is C17H20N2O2. The summed E-state index contributed by atoms with van der Waals surface area (Å²) >= 11 is 0. The number of fused-ring (bicyclic) bond motifs is 1. The van der Waals surface area contributed by atoms with E-state index in [-0.39, 0.29) is 17.7 Å². The third-order valence-corrected chi connectivity index (χ3v) is 4.29. The first-order valence-corrected chi connectivity index (χ1v) is 7.39. The van der Waals surface area contributed by atoms with E-state index in [1.807, 2.05) is 30.3 Å². The largest absolute Gasteiger partial charge is 0.506 e. The number of carbonyl (C=O) groups is 1. The number of rotatable bonds is 2. The van der Waals surface area contributed by atoms with E-state index in [4.69, 9.17) is 0 Å². The van der Waals surface area contributed by atoms with Crippen LogP contribution >= 0.6 is 0 Å². The Labute approximate surface area is 124 Å². The molecule has 0 aliphatic carbocycles. The second-order valence-corrected chi connectivity index (χ2v) is 5.73. The Balaban J connectivity index is 1.86. The summed E-state index contributed by atoms with van der Waals surface area (Å²) in [5.74, 6) is 0.290. The number of phenols is 1. The minimum Gasteiger partial charge on any atom is -0.506 e. The topological polar surface area (TPSA) is 61.4 Å². The first-order chi connectivity index (χ1) is 10.2.